The normalized spacial score (nSPS) is 9.44. The van der Waals surface area contributed by atoms with E-state index in [9.17, 15) is 4.79 Å². The van der Waals surface area contributed by atoms with E-state index >= 15 is 0 Å². The zero-order chi connectivity index (χ0) is 6.69. The van der Waals surface area contributed by atoms with Crippen molar-refractivity contribution >= 4 is 0 Å². The number of nitrogens with zero attached hydrogens (tertiary/aromatic N) is 2. The molecule has 0 spiro atoms. The summed E-state index contributed by atoms with van der Waals surface area (Å²) in [5.74, 6) is 0. The van der Waals surface area contributed by atoms with E-state index in [2.05, 4.69) is 15.2 Å². The van der Waals surface area contributed by atoms with Crippen molar-refractivity contribution in [2.75, 3.05) is 0 Å². The number of nitrogens with two attached hydrogens (primary N) is 1. The molecular formula is C4H6N4O. The van der Waals surface area contributed by atoms with Crippen molar-refractivity contribution in [3.63, 3.8) is 0 Å². The molecular weight excluding hydrogens is 120 g/mol. The summed E-state index contributed by atoms with van der Waals surface area (Å²) < 4.78 is 0. The predicted octanol–water partition coefficient (Wildman–Crippen LogP) is -1.38. The molecule has 0 saturated heterocycles. The Kier molecular flexibility index (Phi) is 1.55. The number of H-pyrrole nitrogens is 1. The van der Waals surface area contributed by atoms with Crippen LogP contribution in [0, 0.1) is 0 Å². The second-order valence-electron chi connectivity index (χ2n) is 1.47. The van der Waals surface area contributed by atoms with Crippen LogP contribution in [0.5, 0.6) is 0 Å². The molecule has 3 N–H and O–H groups in total. The Morgan fingerprint density at radius 1 is 1.78 bits per heavy atom. The van der Waals surface area contributed by atoms with Gasteiger partial charge in [-0.15, -0.1) is 10.2 Å². The Morgan fingerprint density at radius 3 is 3.00 bits per heavy atom. The smallest absolute Gasteiger partial charge is 0.274 e. The van der Waals surface area contributed by atoms with Crippen LogP contribution in [-0.2, 0) is 6.54 Å². The number of nitrogens with one attached hydrogen (secondary N) is 1. The number of hydrogen-bond acceptors (Lipinski definition) is 4. The zero-order valence-corrected chi connectivity index (χ0v) is 4.66. The second-order valence-corrected chi connectivity index (χ2v) is 1.47. The lowest BCUT2D eigenvalue weighted by molar-refractivity contribution is 0.837. The van der Waals surface area contributed by atoms with Gasteiger partial charge in [-0.05, 0) is 0 Å². The van der Waals surface area contributed by atoms with Crippen LogP contribution < -0.4 is 11.3 Å². The number of hydrogen-bond donors (Lipinski definition) is 2. The van der Waals surface area contributed by atoms with E-state index in [1.54, 1.807) is 0 Å². The molecule has 48 valence electrons. The molecule has 0 amide bonds. The fourth-order valence-electron chi connectivity index (χ4n) is 0.448. The van der Waals surface area contributed by atoms with E-state index in [1.807, 2.05) is 0 Å². The van der Waals surface area contributed by atoms with E-state index in [4.69, 9.17) is 5.73 Å². The molecule has 1 aromatic heterocycles. The molecule has 0 unspecified atom stereocenters. The number of rotatable bonds is 1. The van der Waals surface area contributed by atoms with Crippen LogP contribution in [0.2, 0.25) is 0 Å². The molecule has 0 aromatic carbocycles. The van der Waals surface area contributed by atoms with E-state index in [1.165, 1.54) is 6.33 Å². The predicted molar refractivity (Wildman–Crippen MR) is 30.5 cm³/mol. The molecule has 5 heteroatoms. The lowest BCUT2D eigenvalue weighted by atomic mass is 10.5. The standard InChI is InChI=1S/C4H6N4O/c5-1-3-4(9)6-2-7-8-3/h2H,1,5H2,(H,6,7,9). The van der Waals surface area contributed by atoms with Crippen molar-refractivity contribution in [1.29, 1.82) is 0 Å². The molecule has 0 aliphatic rings. The molecule has 0 bridgehead atoms. The average Bonchev–Trinajstić information content (AvgIpc) is 1.89. The van der Waals surface area contributed by atoms with Crippen molar-refractivity contribution < 1.29 is 0 Å². The summed E-state index contributed by atoms with van der Waals surface area (Å²) in [6.07, 6.45) is 1.22. The fourth-order valence-corrected chi connectivity index (χ4v) is 0.448. The first kappa shape index (κ1) is 5.90. The third-order valence-electron chi connectivity index (χ3n) is 0.887. The molecule has 0 aliphatic heterocycles. The minimum atomic E-state index is -0.271. The van der Waals surface area contributed by atoms with Gasteiger partial charge in [-0.2, -0.15) is 0 Å². The number of aromatic nitrogens is 3. The summed E-state index contributed by atoms with van der Waals surface area (Å²) in [7, 11) is 0. The van der Waals surface area contributed by atoms with Gasteiger partial charge in [-0.25, -0.2) is 0 Å². The highest BCUT2D eigenvalue weighted by Gasteiger charge is 1.93. The van der Waals surface area contributed by atoms with Gasteiger partial charge in [0.15, 0.2) is 0 Å². The molecule has 0 aliphatic carbocycles. The van der Waals surface area contributed by atoms with Crippen LogP contribution in [-0.4, -0.2) is 15.2 Å². The highest BCUT2D eigenvalue weighted by molar-refractivity contribution is 4.89. The van der Waals surface area contributed by atoms with Crippen LogP contribution in [0.3, 0.4) is 0 Å². The monoisotopic (exact) mass is 126 g/mol. The summed E-state index contributed by atoms with van der Waals surface area (Å²) in [6.45, 7) is 0.128. The van der Waals surface area contributed by atoms with E-state index in [0.29, 0.717) is 0 Å². The van der Waals surface area contributed by atoms with Crippen molar-refractivity contribution in [2.24, 2.45) is 5.73 Å². The molecule has 5 nitrogen and oxygen atoms in total. The minimum absolute atomic E-state index is 0.128. The zero-order valence-electron chi connectivity index (χ0n) is 4.66. The Morgan fingerprint density at radius 2 is 2.56 bits per heavy atom. The first-order valence-corrected chi connectivity index (χ1v) is 2.44. The summed E-state index contributed by atoms with van der Waals surface area (Å²) in [5.41, 5.74) is 5.12. The van der Waals surface area contributed by atoms with Crippen molar-refractivity contribution in [1.82, 2.24) is 15.2 Å². The van der Waals surface area contributed by atoms with Crippen LogP contribution >= 0.6 is 0 Å². The molecule has 0 atom stereocenters. The SMILES string of the molecule is NCc1nnc[nH]c1=O. The van der Waals surface area contributed by atoms with Gasteiger partial charge < -0.3 is 10.7 Å². The van der Waals surface area contributed by atoms with Crippen molar-refractivity contribution in [3.8, 4) is 0 Å². The fraction of sp³-hybridized carbons (Fsp3) is 0.250. The van der Waals surface area contributed by atoms with Crippen LogP contribution in [0.15, 0.2) is 11.1 Å². The van der Waals surface area contributed by atoms with Gasteiger partial charge in [0.25, 0.3) is 5.56 Å². The summed E-state index contributed by atoms with van der Waals surface area (Å²) in [5, 5.41) is 6.91. The van der Waals surface area contributed by atoms with Gasteiger partial charge in [0.1, 0.15) is 12.0 Å². The van der Waals surface area contributed by atoms with Crippen LogP contribution in [0.1, 0.15) is 5.69 Å². The van der Waals surface area contributed by atoms with Gasteiger partial charge in [-0.3, -0.25) is 4.79 Å². The van der Waals surface area contributed by atoms with Gasteiger partial charge in [0.05, 0.1) is 0 Å². The van der Waals surface area contributed by atoms with E-state index in [0.717, 1.165) is 0 Å². The van der Waals surface area contributed by atoms with Gasteiger partial charge in [0.2, 0.25) is 0 Å². The number of aromatic amines is 1. The molecule has 1 aromatic rings. The highest BCUT2D eigenvalue weighted by atomic mass is 16.1. The van der Waals surface area contributed by atoms with Crippen molar-refractivity contribution in [3.05, 3.63) is 22.4 Å². The van der Waals surface area contributed by atoms with Gasteiger partial charge in [0, 0.05) is 6.54 Å². The quantitative estimate of drug-likeness (QED) is 0.486. The first-order valence-electron chi connectivity index (χ1n) is 2.44. The largest absolute Gasteiger partial charge is 0.325 e. The molecule has 0 radical (unpaired) electrons. The highest BCUT2D eigenvalue weighted by Crippen LogP contribution is 1.72. The van der Waals surface area contributed by atoms with E-state index < -0.39 is 0 Å². The topological polar surface area (TPSA) is 84.7 Å². The maximum atomic E-state index is 10.6. The first-order chi connectivity index (χ1) is 4.34. The van der Waals surface area contributed by atoms with Gasteiger partial charge in [-0.1, -0.05) is 0 Å². The average molecular weight is 126 g/mol. The Bertz CT molecular complexity index is 242. The summed E-state index contributed by atoms with van der Waals surface area (Å²) in [6, 6.07) is 0. The lowest BCUT2D eigenvalue weighted by Crippen LogP contribution is -2.18. The Labute approximate surface area is 50.9 Å². The maximum Gasteiger partial charge on any atom is 0.274 e. The van der Waals surface area contributed by atoms with Crippen LogP contribution in [0.25, 0.3) is 0 Å². The minimum Gasteiger partial charge on any atom is -0.325 e. The third kappa shape index (κ3) is 1.11. The second kappa shape index (κ2) is 2.36. The maximum absolute atomic E-state index is 10.6. The Balaban J connectivity index is 3.16. The van der Waals surface area contributed by atoms with Crippen LogP contribution in [0.4, 0.5) is 0 Å². The van der Waals surface area contributed by atoms with Crippen molar-refractivity contribution in [2.45, 2.75) is 6.54 Å². The third-order valence-corrected chi connectivity index (χ3v) is 0.887. The molecule has 0 saturated carbocycles. The van der Waals surface area contributed by atoms with Gasteiger partial charge >= 0.3 is 0 Å². The Hall–Kier alpha value is -1.23. The van der Waals surface area contributed by atoms with E-state index in [-0.39, 0.29) is 17.8 Å². The lowest BCUT2D eigenvalue weighted by Gasteiger charge is -1.87. The molecule has 1 heterocycles. The molecule has 0 fully saturated rings. The summed E-state index contributed by atoms with van der Waals surface area (Å²) in [4.78, 5) is 13.0. The summed E-state index contributed by atoms with van der Waals surface area (Å²) >= 11 is 0. The molecule has 1 rings (SSSR count). The molecule has 9 heavy (non-hydrogen) atoms.